The standard InChI is InChI=1S/C70H133NO5/c1-3-5-7-9-11-13-15-17-19-21-23-24-25-26-27-28-29-30-34-38-42-46-50-54-58-62-68(73)67(66-72)71-69(74)63-59-55-51-47-43-39-35-32-33-37-41-45-49-53-57-61-65-76-70(75)64-60-56-52-48-44-40-36-31-22-20-18-16-14-12-10-8-6-4-2/h14,16,20,22,58,62,67-68,72-73H,3-13,15,17-19,21,23-57,59-61,63-66H2,1-2H3,(H,71,74)/b16-14-,22-20-,62-58+. The molecule has 6 heteroatoms. The minimum Gasteiger partial charge on any atom is -0.466 e. The van der Waals surface area contributed by atoms with Gasteiger partial charge < -0.3 is 20.3 Å². The summed E-state index contributed by atoms with van der Waals surface area (Å²) >= 11 is 0. The number of unbranched alkanes of at least 4 members (excludes halogenated alkanes) is 49. The molecule has 0 saturated carbocycles. The maximum Gasteiger partial charge on any atom is 0.305 e. The predicted octanol–water partition coefficient (Wildman–Crippen LogP) is 21.9. The van der Waals surface area contributed by atoms with E-state index in [2.05, 4.69) is 43.5 Å². The number of aliphatic hydroxyl groups is 2. The first-order valence-corrected chi connectivity index (χ1v) is 34.3. The molecule has 2 atom stereocenters. The average Bonchev–Trinajstić information content (AvgIpc) is 3.42. The molecule has 2 unspecified atom stereocenters. The molecule has 0 radical (unpaired) electrons. The number of ether oxygens (including phenoxy) is 1. The Morgan fingerprint density at radius 1 is 0.368 bits per heavy atom. The van der Waals surface area contributed by atoms with Crippen molar-refractivity contribution >= 4 is 11.9 Å². The summed E-state index contributed by atoms with van der Waals surface area (Å²) in [5.74, 6) is -0.0756. The van der Waals surface area contributed by atoms with Crippen molar-refractivity contribution in [2.24, 2.45) is 0 Å². The third kappa shape index (κ3) is 61.3. The summed E-state index contributed by atoms with van der Waals surface area (Å²) in [6.45, 7) is 4.90. The molecule has 0 aromatic carbocycles. The molecule has 0 bridgehead atoms. The quantitative estimate of drug-likeness (QED) is 0.0320. The summed E-state index contributed by atoms with van der Waals surface area (Å²) < 4.78 is 5.49. The molecule has 0 aromatic heterocycles. The first kappa shape index (κ1) is 74.1. The Kier molecular flexibility index (Phi) is 63.9. The second-order valence-corrected chi connectivity index (χ2v) is 23.5. The van der Waals surface area contributed by atoms with Gasteiger partial charge in [0.2, 0.25) is 5.91 Å². The zero-order valence-electron chi connectivity index (χ0n) is 51.3. The Labute approximate surface area is 474 Å². The van der Waals surface area contributed by atoms with Crippen LogP contribution in [0, 0.1) is 0 Å². The highest BCUT2D eigenvalue weighted by Gasteiger charge is 2.18. The fourth-order valence-electron chi connectivity index (χ4n) is 10.7. The van der Waals surface area contributed by atoms with Gasteiger partial charge in [-0.05, 0) is 64.2 Å². The van der Waals surface area contributed by atoms with E-state index in [1.165, 1.54) is 295 Å². The van der Waals surface area contributed by atoms with Crippen LogP contribution in [-0.2, 0) is 14.3 Å². The molecule has 448 valence electrons. The fourth-order valence-corrected chi connectivity index (χ4v) is 10.7. The third-order valence-electron chi connectivity index (χ3n) is 15.9. The van der Waals surface area contributed by atoms with Gasteiger partial charge in [-0.25, -0.2) is 0 Å². The van der Waals surface area contributed by atoms with Crippen LogP contribution in [0.4, 0.5) is 0 Å². The molecular formula is C70H133NO5. The van der Waals surface area contributed by atoms with E-state index in [9.17, 15) is 19.8 Å². The fraction of sp³-hybridized carbons (Fsp3) is 0.886. The lowest BCUT2D eigenvalue weighted by Gasteiger charge is -2.20. The summed E-state index contributed by atoms with van der Waals surface area (Å²) in [4.78, 5) is 24.6. The van der Waals surface area contributed by atoms with E-state index in [-0.39, 0.29) is 18.5 Å². The van der Waals surface area contributed by atoms with Gasteiger partial charge in [0.15, 0.2) is 0 Å². The largest absolute Gasteiger partial charge is 0.466 e. The lowest BCUT2D eigenvalue weighted by atomic mass is 10.0. The molecule has 0 aromatic rings. The minimum atomic E-state index is -0.852. The lowest BCUT2D eigenvalue weighted by molar-refractivity contribution is -0.143. The number of nitrogens with one attached hydrogen (secondary N) is 1. The van der Waals surface area contributed by atoms with Gasteiger partial charge in [-0.2, -0.15) is 0 Å². The zero-order valence-corrected chi connectivity index (χ0v) is 51.3. The van der Waals surface area contributed by atoms with Crippen LogP contribution in [0.5, 0.6) is 0 Å². The van der Waals surface area contributed by atoms with Crippen molar-refractivity contribution in [3.63, 3.8) is 0 Å². The van der Waals surface area contributed by atoms with E-state index in [0.717, 1.165) is 51.4 Å². The SMILES string of the molecule is CCCCCC/C=C\C/C=C\CCCCCCCCCC(=O)OCCCCCCCCCCCCCCCCCCC(=O)NC(CO)C(O)/C=C/CCCCCCCCCCCCCCCCCCCCCCCCC. The number of esters is 1. The van der Waals surface area contributed by atoms with E-state index < -0.39 is 12.1 Å². The van der Waals surface area contributed by atoms with E-state index in [1.54, 1.807) is 6.08 Å². The van der Waals surface area contributed by atoms with Gasteiger partial charge in [0.1, 0.15) is 0 Å². The lowest BCUT2D eigenvalue weighted by Crippen LogP contribution is -2.45. The van der Waals surface area contributed by atoms with Crippen molar-refractivity contribution in [1.29, 1.82) is 0 Å². The first-order chi connectivity index (χ1) is 37.5. The summed E-state index contributed by atoms with van der Waals surface area (Å²) in [6.07, 6.45) is 83.4. The van der Waals surface area contributed by atoms with Crippen molar-refractivity contribution in [1.82, 2.24) is 5.32 Å². The molecular weight excluding hydrogens is 935 g/mol. The Hall–Kier alpha value is -1.92. The number of carbonyl (C=O) groups is 2. The van der Waals surface area contributed by atoms with E-state index in [4.69, 9.17) is 4.74 Å². The van der Waals surface area contributed by atoms with Gasteiger partial charge in [-0.1, -0.05) is 333 Å². The molecule has 6 nitrogen and oxygen atoms in total. The number of hydrogen-bond acceptors (Lipinski definition) is 5. The van der Waals surface area contributed by atoms with Crippen LogP contribution in [0.25, 0.3) is 0 Å². The molecule has 0 aliphatic carbocycles. The van der Waals surface area contributed by atoms with Crippen molar-refractivity contribution in [2.45, 2.75) is 386 Å². The van der Waals surface area contributed by atoms with Crippen LogP contribution in [0.2, 0.25) is 0 Å². The van der Waals surface area contributed by atoms with Gasteiger partial charge in [0.25, 0.3) is 0 Å². The second-order valence-electron chi connectivity index (χ2n) is 23.5. The molecule has 0 aliphatic rings. The van der Waals surface area contributed by atoms with Gasteiger partial charge >= 0.3 is 5.97 Å². The van der Waals surface area contributed by atoms with Crippen molar-refractivity contribution < 1.29 is 24.5 Å². The van der Waals surface area contributed by atoms with Gasteiger partial charge in [-0.3, -0.25) is 9.59 Å². The van der Waals surface area contributed by atoms with Gasteiger partial charge in [0, 0.05) is 12.8 Å². The molecule has 0 saturated heterocycles. The van der Waals surface area contributed by atoms with Crippen LogP contribution < -0.4 is 5.32 Å². The molecule has 0 heterocycles. The first-order valence-electron chi connectivity index (χ1n) is 34.3. The van der Waals surface area contributed by atoms with Crippen LogP contribution >= 0.6 is 0 Å². The molecule has 0 spiro atoms. The number of allylic oxidation sites excluding steroid dienone is 5. The topological polar surface area (TPSA) is 95.9 Å². The Morgan fingerprint density at radius 3 is 1.01 bits per heavy atom. The van der Waals surface area contributed by atoms with E-state index in [0.29, 0.717) is 19.4 Å². The van der Waals surface area contributed by atoms with E-state index >= 15 is 0 Å². The van der Waals surface area contributed by atoms with Crippen LogP contribution in [-0.4, -0.2) is 47.4 Å². The second kappa shape index (κ2) is 65.6. The van der Waals surface area contributed by atoms with Crippen molar-refractivity contribution in [3.05, 3.63) is 36.5 Å². The summed E-state index contributed by atoms with van der Waals surface area (Å²) in [5.41, 5.74) is 0. The van der Waals surface area contributed by atoms with Crippen molar-refractivity contribution in [3.8, 4) is 0 Å². The molecule has 1 amide bonds. The summed E-state index contributed by atoms with van der Waals surface area (Å²) in [5, 5.41) is 23.3. The minimum absolute atomic E-state index is 0.00435. The van der Waals surface area contributed by atoms with Gasteiger partial charge in [-0.15, -0.1) is 0 Å². The number of carbonyl (C=O) groups excluding carboxylic acids is 2. The Balaban J connectivity index is 3.45. The molecule has 76 heavy (non-hydrogen) atoms. The Morgan fingerprint density at radius 2 is 0.658 bits per heavy atom. The maximum absolute atomic E-state index is 12.5. The highest BCUT2D eigenvalue weighted by atomic mass is 16.5. The van der Waals surface area contributed by atoms with Crippen LogP contribution in [0.1, 0.15) is 373 Å². The molecule has 0 rings (SSSR count). The molecule has 0 fully saturated rings. The zero-order chi connectivity index (χ0) is 55.0. The number of amides is 1. The normalized spacial score (nSPS) is 12.7. The average molecular weight is 1070 g/mol. The number of aliphatic hydroxyl groups excluding tert-OH is 2. The monoisotopic (exact) mass is 1070 g/mol. The Bertz CT molecular complexity index is 1230. The summed E-state index contributed by atoms with van der Waals surface area (Å²) in [6, 6.07) is -0.635. The third-order valence-corrected chi connectivity index (χ3v) is 15.9. The highest BCUT2D eigenvalue weighted by Crippen LogP contribution is 2.18. The summed E-state index contributed by atoms with van der Waals surface area (Å²) in [7, 11) is 0. The predicted molar refractivity (Wildman–Crippen MR) is 333 cm³/mol. The smallest absolute Gasteiger partial charge is 0.305 e. The van der Waals surface area contributed by atoms with Crippen LogP contribution in [0.15, 0.2) is 36.5 Å². The van der Waals surface area contributed by atoms with Crippen LogP contribution in [0.3, 0.4) is 0 Å². The van der Waals surface area contributed by atoms with Gasteiger partial charge in [0.05, 0.1) is 25.4 Å². The van der Waals surface area contributed by atoms with E-state index in [1.807, 2.05) is 6.08 Å². The molecule has 3 N–H and O–H groups in total. The highest BCUT2D eigenvalue weighted by molar-refractivity contribution is 5.76. The van der Waals surface area contributed by atoms with Crippen molar-refractivity contribution in [2.75, 3.05) is 13.2 Å². The maximum atomic E-state index is 12.5. The number of rotatable bonds is 64. The molecule has 0 aliphatic heterocycles. The number of hydrogen-bond donors (Lipinski definition) is 3.